The van der Waals surface area contributed by atoms with Gasteiger partial charge in [0.05, 0.1) is 12.8 Å². The van der Waals surface area contributed by atoms with Gasteiger partial charge in [0.15, 0.2) is 0 Å². The summed E-state index contributed by atoms with van der Waals surface area (Å²) in [7, 11) is 3.35. The van der Waals surface area contributed by atoms with Gasteiger partial charge in [-0.05, 0) is 13.1 Å². The summed E-state index contributed by atoms with van der Waals surface area (Å²) in [4.78, 5) is 11.5. The predicted molar refractivity (Wildman–Crippen MR) is 53.4 cm³/mol. The van der Waals surface area contributed by atoms with E-state index in [2.05, 4.69) is 10.6 Å². The maximum atomic E-state index is 11.5. The molecule has 1 amide bonds. The molecule has 0 radical (unpaired) electrons. The van der Waals surface area contributed by atoms with Crippen LogP contribution in [0.4, 0.5) is 5.69 Å². The molecule has 0 fully saturated rings. The third-order valence-electron chi connectivity index (χ3n) is 2.39. The monoisotopic (exact) mass is 192 g/mol. The maximum Gasteiger partial charge on any atom is 0.246 e. The first-order valence-electron chi connectivity index (χ1n) is 4.43. The van der Waals surface area contributed by atoms with E-state index in [-0.39, 0.29) is 11.9 Å². The lowest BCUT2D eigenvalue weighted by atomic mass is 10.1. The number of likely N-dealkylation sites (N-methyl/N-ethyl adjacent to an activating group) is 1. The minimum atomic E-state index is -0.264. The van der Waals surface area contributed by atoms with Gasteiger partial charge in [0.25, 0.3) is 0 Å². The Labute approximate surface area is 82.3 Å². The van der Waals surface area contributed by atoms with Gasteiger partial charge in [0, 0.05) is 5.56 Å². The first-order valence-corrected chi connectivity index (χ1v) is 4.43. The molecule has 4 heteroatoms. The zero-order valence-electron chi connectivity index (χ0n) is 8.13. The molecule has 1 aliphatic heterocycles. The number of amides is 1. The predicted octanol–water partition coefficient (Wildman–Crippen LogP) is 0.908. The Bertz CT molecular complexity index is 376. The highest BCUT2D eigenvalue weighted by Gasteiger charge is 2.30. The second kappa shape index (κ2) is 3.31. The summed E-state index contributed by atoms with van der Waals surface area (Å²) in [5.74, 6) is 0.667. The molecule has 74 valence electrons. The molecule has 1 unspecified atom stereocenters. The van der Waals surface area contributed by atoms with Crippen LogP contribution in [0.5, 0.6) is 5.75 Å². The molecule has 4 nitrogen and oxygen atoms in total. The zero-order valence-corrected chi connectivity index (χ0v) is 8.13. The van der Waals surface area contributed by atoms with Gasteiger partial charge >= 0.3 is 0 Å². The number of fused-ring (bicyclic) bond motifs is 1. The van der Waals surface area contributed by atoms with Crippen LogP contribution >= 0.6 is 0 Å². The third-order valence-corrected chi connectivity index (χ3v) is 2.39. The number of ether oxygens (including phenoxy) is 1. The van der Waals surface area contributed by atoms with Gasteiger partial charge in [-0.25, -0.2) is 0 Å². The molecular formula is C10H12N2O2. The Kier molecular flexibility index (Phi) is 2.13. The minimum Gasteiger partial charge on any atom is -0.495 e. The van der Waals surface area contributed by atoms with Gasteiger partial charge in [-0.2, -0.15) is 0 Å². The Morgan fingerprint density at radius 3 is 2.93 bits per heavy atom. The zero-order chi connectivity index (χ0) is 10.1. The molecule has 2 rings (SSSR count). The van der Waals surface area contributed by atoms with Gasteiger partial charge in [0.1, 0.15) is 11.8 Å². The van der Waals surface area contributed by atoms with Crippen molar-refractivity contribution in [3.8, 4) is 5.75 Å². The van der Waals surface area contributed by atoms with E-state index >= 15 is 0 Å². The molecule has 1 aromatic rings. The van der Waals surface area contributed by atoms with Crippen molar-refractivity contribution in [3.05, 3.63) is 23.8 Å². The van der Waals surface area contributed by atoms with E-state index in [0.29, 0.717) is 5.75 Å². The summed E-state index contributed by atoms with van der Waals surface area (Å²) in [6.45, 7) is 0. The molecule has 0 aromatic heterocycles. The van der Waals surface area contributed by atoms with Crippen LogP contribution < -0.4 is 15.4 Å². The number of carbonyl (C=O) groups excluding carboxylic acids is 1. The first kappa shape index (κ1) is 9.02. The fourth-order valence-corrected chi connectivity index (χ4v) is 1.72. The standard InChI is InChI=1S/C10H12N2O2/c1-11-9-6-4-3-5-7(14-2)8(6)12-10(9)13/h3-5,9,11H,1-2H3,(H,12,13). The van der Waals surface area contributed by atoms with Crippen molar-refractivity contribution in [2.75, 3.05) is 19.5 Å². The van der Waals surface area contributed by atoms with Crippen molar-refractivity contribution in [2.45, 2.75) is 6.04 Å². The van der Waals surface area contributed by atoms with Crippen LogP contribution in [0.25, 0.3) is 0 Å². The molecule has 14 heavy (non-hydrogen) atoms. The highest BCUT2D eigenvalue weighted by molar-refractivity contribution is 6.04. The van der Waals surface area contributed by atoms with E-state index < -0.39 is 0 Å². The molecule has 0 saturated heterocycles. The normalized spacial score (nSPS) is 19.0. The van der Waals surface area contributed by atoms with Crippen molar-refractivity contribution < 1.29 is 9.53 Å². The van der Waals surface area contributed by atoms with E-state index in [1.54, 1.807) is 14.2 Å². The fourth-order valence-electron chi connectivity index (χ4n) is 1.72. The average molecular weight is 192 g/mol. The maximum absolute atomic E-state index is 11.5. The highest BCUT2D eigenvalue weighted by atomic mass is 16.5. The summed E-state index contributed by atoms with van der Waals surface area (Å²) in [6.07, 6.45) is 0. The smallest absolute Gasteiger partial charge is 0.246 e. The number of para-hydroxylation sites is 1. The molecule has 0 bridgehead atoms. The molecule has 1 aliphatic rings. The molecule has 0 aliphatic carbocycles. The van der Waals surface area contributed by atoms with Crippen LogP contribution in [0, 0.1) is 0 Å². The number of carbonyl (C=O) groups is 1. The Morgan fingerprint density at radius 2 is 2.29 bits per heavy atom. The first-order chi connectivity index (χ1) is 6.77. The second-order valence-electron chi connectivity index (χ2n) is 3.14. The molecular weight excluding hydrogens is 180 g/mol. The summed E-state index contributed by atoms with van der Waals surface area (Å²) in [6, 6.07) is 5.36. The van der Waals surface area contributed by atoms with E-state index in [0.717, 1.165) is 11.3 Å². The van der Waals surface area contributed by atoms with E-state index in [4.69, 9.17) is 4.74 Å². The van der Waals surface area contributed by atoms with Crippen LogP contribution in [0.3, 0.4) is 0 Å². The van der Waals surface area contributed by atoms with Crippen LogP contribution in [0.2, 0.25) is 0 Å². The number of hydrogen-bond donors (Lipinski definition) is 2. The van der Waals surface area contributed by atoms with Crippen LogP contribution in [0.15, 0.2) is 18.2 Å². The molecule has 0 spiro atoms. The van der Waals surface area contributed by atoms with Crippen molar-refractivity contribution in [1.82, 2.24) is 5.32 Å². The van der Waals surface area contributed by atoms with Crippen molar-refractivity contribution >= 4 is 11.6 Å². The summed E-state index contributed by atoms with van der Waals surface area (Å²) < 4.78 is 5.16. The topological polar surface area (TPSA) is 50.4 Å². The second-order valence-corrected chi connectivity index (χ2v) is 3.14. The number of hydrogen-bond acceptors (Lipinski definition) is 3. The number of methoxy groups -OCH3 is 1. The lowest BCUT2D eigenvalue weighted by Crippen LogP contribution is -2.23. The fraction of sp³-hybridized carbons (Fsp3) is 0.300. The lowest BCUT2D eigenvalue weighted by Gasteiger charge is -2.07. The Morgan fingerprint density at radius 1 is 1.50 bits per heavy atom. The molecule has 2 N–H and O–H groups in total. The molecule has 0 saturated carbocycles. The van der Waals surface area contributed by atoms with Gasteiger partial charge in [0.2, 0.25) is 5.91 Å². The quantitative estimate of drug-likeness (QED) is 0.732. The number of benzene rings is 1. The average Bonchev–Trinajstić information content (AvgIpc) is 2.52. The Hall–Kier alpha value is -1.55. The van der Waals surface area contributed by atoms with E-state index in [1.165, 1.54) is 0 Å². The van der Waals surface area contributed by atoms with Gasteiger partial charge in [-0.1, -0.05) is 12.1 Å². The molecule has 1 atom stereocenters. The van der Waals surface area contributed by atoms with E-state index in [1.807, 2.05) is 18.2 Å². The number of nitrogens with one attached hydrogen (secondary N) is 2. The van der Waals surface area contributed by atoms with Crippen molar-refractivity contribution in [3.63, 3.8) is 0 Å². The van der Waals surface area contributed by atoms with Gasteiger partial charge < -0.3 is 15.4 Å². The summed E-state index contributed by atoms with van der Waals surface area (Å²) in [5, 5.41) is 5.75. The third kappa shape index (κ3) is 1.15. The largest absolute Gasteiger partial charge is 0.495 e. The van der Waals surface area contributed by atoms with Crippen LogP contribution in [0.1, 0.15) is 11.6 Å². The highest BCUT2D eigenvalue weighted by Crippen LogP contribution is 2.37. The lowest BCUT2D eigenvalue weighted by molar-refractivity contribution is -0.117. The SMILES string of the molecule is CNC1C(=O)Nc2c(OC)cccc21. The summed E-state index contributed by atoms with van der Waals surface area (Å²) in [5.41, 5.74) is 1.72. The number of anilines is 1. The van der Waals surface area contributed by atoms with Crippen molar-refractivity contribution in [2.24, 2.45) is 0 Å². The Balaban J connectivity index is 2.51. The number of rotatable bonds is 2. The van der Waals surface area contributed by atoms with Crippen LogP contribution in [-0.4, -0.2) is 20.1 Å². The van der Waals surface area contributed by atoms with Crippen LogP contribution in [-0.2, 0) is 4.79 Å². The van der Waals surface area contributed by atoms with Gasteiger partial charge in [-0.3, -0.25) is 4.79 Å². The summed E-state index contributed by atoms with van der Waals surface area (Å²) >= 11 is 0. The van der Waals surface area contributed by atoms with Crippen molar-refractivity contribution in [1.29, 1.82) is 0 Å². The van der Waals surface area contributed by atoms with E-state index in [9.17, 15) is 4.79 Å². The molecule has 1 aromatic carbocycles. The van der Waals surface area contributed by atoms with Gasteiger partial charge in [-0.15, -0.1) is 0 Å². The molecule has 1 heterocycles. The minimum absolute atomic E-state index is 0.0352.